The average Bonchev–Trinajstić information content (AvgIpc) is 3.06. The van der Waals surface area contributed by atoms with Gasteiger partial charge in [0.2, 0.25) is 5.90 Å². The third kappa shape index (κ3) is 4.20. The van der Waals surface area contributed by atoms with Crippen LogP contribution in [0.2, 0.25) is 0 Å². The fraction of sp³-hybridized carbons (Fsp3) is 0.500. The van der Waals surface area contributed by atoms with Gasteiger partial charge in [0.05, 0.1) is 7.11 Å². The quantitative estimate of drug-likeness (QED) is 0.733. The zero-order chi connectivity index (χ0) is 19.6. The lowest BCUT2D eigenvalue weighted by Gasteiger charge is -2.39. The summed E-state index contributed by atoms with van der Waals surface area (Å²) >= 11 is 0. The number of hydrogen-bond acceptors (Lipinski definition) is 9. The minimum atomic E-state index is -1.21. The number of aliphatic imine (C=N–C) groups is 1. The van der Waals surface area contributed by atoms with Crippen molar-refractivity contribution in [3.05, 3.63) is 29.8 Å². The molecule has 9 heteroatoms. The van der Waals surface area contributed by atoms with Crippen LogP contribution >= 0.6 is 0 Å². The standard InChI is InChI=1S/C18H21NO8/c1-9(20)24-8-13-15(25-10(2)21)14(22)16-18(26-13)19-17(27-16)11-5-4-6-12(7-11)23-3/h4-7,13-16,18,22H,8H2,1-3H3/t13-,14+,15-,16-,18+/m1/s1. The average molecular weight is 379 g/mol. The van der Waals surface area contributed by atoms with Gasteiger partial charge in [0.1, 0.15) is 24.6 Å². The lowest BCUT2D eigenvalue weighted by Crippen LogP contribution is -2.59. The Morgan fingerprint density at radius 3 is 2.70 bits per heavy atom. The number of rotatable bonds is 5. The Morgan fingerprint density at radius 1 is 1.26 bits per heavy atom. The Balaban J connectivity index is 1.81. The van der Waals surface area contributed by atoms with Gasteiger partial charge in [-0.3, -0.25) is 9.59 Å². The number of ether oxygens (including phenoxy) is 5. The largest absolute Gasteiger partial charge is 0.497 e. The van der Waals surface area contributed by atoms with E-state index >= 15 is 0 Å². The smallest absolute Gasteiger partial charge is 0.303 e. The van der Waals surface area contributed by atoms with E-state index in [0.717, 1.165) is 0 Å². The third-order valence-electron chi connectivity index (χ3n) is 4.20. The van der Waals surface area contributed by atoms with Crippen LogP contribution in [0.25, 0.3) is 0 Å². The number of methoxy groups -OCH3 is 1. The topological polar surface area (TPSA) is 113 Å². The van der Waals surface area contributed by atoms with Crippen LogP contribution in [0.15, 0.2) is 29.3 Å². The van der Waals surface area contributed by atoms with Crippen LogP contribution in [0.5, 0.6) is 5.75 Å². The van der Waals surface area contributed by atoms with Crippen molar-refractivity contribution in [3.8, 4) is 5.75 Å². The van der Waals surface area contributed by atoms with E-state index in [9.17, 15) is 14.7 Å². The first kappa shape index (κ1) is 19.1. The molecule has 2 heterocycles. The molecule has 5 atom stereocenters. The van der Waals surface area contributed by atoms with E-state index in [-0.39, 0.29) is 12.5 Å². The van der Waals surface area contributed by atoms with Crippen molar-refractivity contribution in [1.29, 1.82) is 0 Å². The van der Waals surface area contributed by atoms with Gasteiger partial charge in [0.25, 0.3) is 0 Å². The van der Waals surface area contributed by atoms with Gasteiger partial charge in [0, 0.05) is 19.4 Å². The highest BCUT2D eigenvalue weighted by Gasteiger charge is 2.51. The maximum atomic E-state index is 11.4. The number of nitrogens with zero attached hydrogens (tertiary/aromatic N) is 1. The van der Waals surface area contributed by atoms with Crippen LogP contribution in [-0.4, -0.2) is 67.3 Å². The molecular formula is C18H21NO8. The molecule has 9 nitrogen and oxygen atoms in total. The van der Waals surface area contributed by atoms with Crippen LogP contribution in [0.3, 0.4) is 0 Å². The summed E-state index contributed by atoms with van der Waals surface area (Å²) in [5, 5.41) is 10.7. The molecule has 0 aromatic heterocycles. The van der Waals surface area contributed by atoms with Crippen molar-refractivity contribution in [2.24, 2.45) is 4.99 Å². The molecule has 1 saturated heterocycles. The van der Waals surface area contributed by atoms with Crippen molar-refractivity contribution < 1.29 is 38.4 Å². The van der Waals surface area contributed by atoms with Gasteiger partial charge in [-0.15, -0.1) is 0 Å². The molecule has 0 spiro atoms. The number of esters is 2. The number of aliphatic hydroxyl groups is 1. The van der Waals surface area contributed by atoms with E-state index in [4.69, 9.17) is 23.7 Å². The second-order valence-electron chi connectivity index (χ2n) is 6.18. The molecule has 0 amide bonds. The maximum Gasteiger partial charge on any atom is 0.303 e. The number of benzene rings is 1. The Hall–Kier alpha value is -2.65. The monoisotopic (exact) mass is 379 g/mol. The Labute approximate surface area is 155 Å². The van der Waals surface area contributed by atoms with Gasteiger partial charge in [-0.2, -0.15) is 0 Å². The molecule has 3 rings (SSSR count). The predicted molar refractivity (Wildman–Crippen MR) is 91.3 cm³/mol. The molecule has 146 valence electrons. The number of aliphatic hydroxyl groups excluding tert-OH is 1. The van der Waals surface area contributed by atoms with Crippen LogP contribution < -0.4 is 4.74 Å². The zero-order valence-electron chi connectivity index (χ0n) is 15.2. The summed E-state index contributed by atoms with van der Waals surface area (Å²) in [5.74, 6) is -0.209. The van der Waals surface area contributed by atoms with Gasteiger partial charge in [0.15, 0.2) is 18.4 Å². The first-order valence-corrected chi connectivity index (χ1v) is 8.42. The molecule has 0 unspecified atom stereocenters. The van der Waals surface area contributed by atoms with Crippen molar-refractivity contribution in [3.63, 3.8) is 0 Å². The molecule has 0 bridgehead atoms. The van der Waals surface area contributed by atoms with Crippen LogP contribution in [-0.2, 0) is 28.5 Å². The van der Waals surface area contributed by atoms with Crippen molar-refractivity contribution in [2.75, 3.05) is 13.7 Å². The molecule has 27 heavy (non-hydrogen) atoms. The first-order chi connectivity index (χ1) is 12.9. The Morgan fingerprint density at radius 2 is 2.04 bits per heavy atom. The second kappa shape index (κ2) is 7.93. The van der Waals surface area contributed by atoms with E-state index in [0.29, 0.717) is 11.3 Å². The lowest BCUT2D eigenvalue weighted by molar-refractivity contribution is -0.228. The zero-order valence-corrected chi connectivity index (χ0v) is 15.2. The molecule has 0 radical (unpaired) electrons. The maximum absolute atomic E-state index is 11.4. The number of fused-ring (bicyclic) bond motifs is 1. The SMILES string of the molecule is COc1cccc(C2=N[C@H]3O[C@H](COC(C)=O)[C@@H](OC(C)=O)[C@H](O)[C@H]3O2)c1. The number of carbonyl (C=O) groups is 2. The van der Waals surface area contributed by atoms with Gasteiger partial charge in [-0.1, -0.05) is 6.07 Å². The summed E-state index contributed by atoms with van der Waals surface area (Å²) in [4.78, 5) is 26.9. The lowest BCUT2D eigenvalue weighted by atomic mass is 9.98. The number of hydrogen-bond donors (Lipinski definition) is 1. The highest BCUT2D eigenvalue weighted by atomic mass is 16.6. The molecule has 2 aliphatic heterocycles. The van der Waals surface area contributed by atoms with Crippen LogP contribution in [0, 0.1) is 0 Å². The van der Waals surface area contributed by atoms with Crippen LogP contribution in [0.4, 0.5) is 0 Å². The summed E-state index contributed by atoms with van der Waals surface area (Å²) in [6.45, 7) is 2.29. The number of carbonyl (C=O) groups excluding carboxylic acids is 2. The summed E-state index contributed by atoms with van der Waals surface area (Å²) in [6, 6.07) is 7.08. The minimum absolute atomic E-state index is 0.183. The fourth-order valence-corrected chi connectivity index (χ4v) is 2.99. The Kier molecular flexibility index (Phi) is 5.62. The molecule has 0 aliphatic carbocycles. The van der Waals surface area contributed by atoms with Crippen molar-refractivity contribution >= 4 is 17.8 Å². The summed E-state index contributed by atoms with van der Waals surface area (Å²) < 4.78 is 26.9. The first-order valence-electron chi connectivity index (χ1n) is 8.42. The van der Waals surface area contributed by atoms with Gasteiger partial charge < -0.3 is 28.8 Å². The van der Waals surface area contributed by atoms with E-state index in [1.165, 1.54) is 13.8 Å². The second-order valence-corrected chi connectivity index (χ2v) is 6.18. The van der Waals surface area contributed by atoms with Crippen molar-refractivity contribution in [2.45, 2.75) is 44.5 Å². The summed E-state index contributed by atoms with van der Waals surface area (Å²) in [7, 11) is 1.55. The van der Waals surface area contributed by atoms with Crippen LogP contribution in [0.1, 0.15) is 19.4 Å². The van der Waals surface area contributed by atoms with E-state index in [1.807, 2.05) is 0 Å². The molecule has 2 aliphatic rings. The fourth-order valence-electron chi connectivity index (χ4n) is 2.99. The third-order valence-corrected chi connectivity index (χ3v) is 4.20. The van der Waals surface area contributed by atoms with E-state index < -0.39 is 42.6 Å². The van der Waals surface area contributed by atoms with E-state index in [1.54, 1.807) is 31.4 Å². The van der Waals surface area contributed by atoms with Gasteiger partial charge in [-0.05, 0) is 18.2 Å². The molecule has 1 N–H and O–H groups in total. The highest BCUT2D eigenvalue weighted by molar-refractivity contribution is 5.95. The molecule has 1 aromatic carbocycles. The Bertz CT molecular complexity index is 749. The van der Waals surface area contributed by atoms with Gasteiger partial charge in [-0.25, -0.2) is 4.99 Å². The summed E-state index contributed by atoms with van der Waals surface area (Å²) in [6.07, 6.45) is -4.81. The molecular weight excluding hydrogens is 358 g/mol. The predicted octanol–water partition coefficient (Wildman–Crippen LogP) is 0.421. The van der Waals surface area contributed by atoms with Crippen molar-refractivity contribution in [1.82, 2.24) is 0 Å². The molecule has 1 fully saturated rings. The highest BCUT2D eigenvalue weighted by Crippen LogP contribution is 2.32. The molecule has 0 saturated carbocycles. The minimum Gasteiger partial charge on any atom is -0.497 e. The summed E-state index contributed by atoms with van der Waals surface area (Å²) in [5.41, 5.74) is 0.653. The molecule has 1 aromatic rings. The van der Waals surface area contributed by atoms with E-state index in [2.05, 4.69) is 4.99 Å². The normalized spacial score (nSPS) is 29.2. The van der Waals surface area contributed by atoms with Gasteiger partial charge >= 0.3 is 11.9 Å².